The zero-order valence-corrected chi connectivity index (χ0v) is 22.2. The van der Waals surface area contributed by atoms with Gasteiger partial charge in [-0.05, 0) is 49.3 Å². The van der Waals surface area contributed by atoms with E-state index in [1.165, 1.54) is 11.8 Å². The molecule has 0 unspecified atom stereocenters. The lowest BCUT2D eigenvalue weighted by atomic mass is 9.91. The highest BCUT2D eigenvalue weighted by molar-refractivity contribution is 8.26. The van der Waals surface area contributed by atoms with Gasteiger partial charge in [0, 0.05) is 25.8 Å². The molecule has 34 heavy (non-hydrogen) atoms. The summed E-state index contributed by atoms with van der Waals surface area (Å²) in [7, 11) is 0. The first-order chi connectivity index (χ1) is 16.3. The van der Waals surface area contributed by atoms with Gasteiger partial charge in [0.1, 0.15) is 15.8 Å². The summed E-state index contributed by atoms with van der Waals surface area (Å²) in [5.74, 6) is 1.58. The van der Waals surface area contributed by atoms with Crippen molar-refractivity contribution in [1.82, 2.24) is 14.3 Å². The van der Waals surface area contributed by atoms with Crippen molar-refractivity contribution in [1.29, 1.82) is 0 Å². The molecule has 0 aliphatic carbocycles. The Morgan fingerprint density at radius 2 is 1.88 bits per heavy atom. The van der Waals surface area contributed by atoms with Crippen molar-refractivity contribution in [3.8, 4) is 0 Å². The van der Waals surface area contributed by atoms with E-state index >= 15 is 0 Å². The van der Waals surface area contributed by atoms with Gasteiger partial charge in [0.2, 0.25) is 0 Å². The Hall–Kier alpha value is -2.19. The number of rotatable bonds is 7. The molecule has 2 aromatic heterocycles. The van der Waals surface area contributed by atoms with Crippen molar-refractivity contribution < 1.29 is 4.79 Å². The topological polar surface area (TPSA) is 57.9 Å². The summed E-state index contributed by atoms with van der Waals surface area (Å²) in [6.45, 7) is 10.9. The quantitative estimate of drug-likeness (QED) is 0.295. The Morgan fingerprint density at radius 3 is 2.59 bits per heavy atom. The number of carbonyl (C=O) groups is 1. The summed E-state index contributed by atoms with van der Waals surface area (Å²) >= 11 is 6.81. The van der Waals surface area contributed by atoms with Gasteiger partial charge < -0.3 is 4.90 Å². The molecule has 2 fully saturated rings. The first kappa shape index (κ1) is 24.9. The zero-order valence-electron chi connectivity index (χ0n) is 20.5. The lowest BCUT2D eigenvalue weighted by Crippen LogP contribution is -2.40. The predicted octanol–water partition coefficient (Wildman–Crippen LogP) is 5.27. The first-order valence-electron chi connectivity index (χ1n) is 12.3. The van der Waals surface area contributed by atoms with Crippen LogP contribution in [-0.4, -0.2) is 44.1 Å². The fraction of sp³-hybridized carbons (Fsp3) is 0.538. The zero-order chi connectivity index (χ0) is 24.4. The molecule has 0 N–H and O–H groups in total. The smallest absolute Gasteiger partial charge is 0.267 e. The number of thiocarbonyl (C=S) groups is 1. The minimum Gasteiger partial charge on any atom is -0.355 e. The van der Waals surface area contributed by atoms with E-state index in [0.29, 0.717) is 44.6 Å². The third kappa shape index (κ3) is 5.23. The van der Waals surface area contributed by atoms with Gasteiger partial charge in [-0.25, -0.2) is 4.98 Å². The molecule has 0 spiro atoms. The molecule has 2 atom stereocenters. The van der Waals surface area contributed by atoms with Gasteiger partial charge in [-0.15, -0.1) is 0 Å². The normalized spacial score (nSPS) is 22.4. The number of anilines is 1. The second kappa shape index (κ2) is 10.6. The number of aryl methyl sites for hydroxylation is 1. The largest absolute Gasteiger partial charge is 0.355 e. The number of hydrogen-bond donors (Lipinski definition) is 0. The van der Waals surface area contributed by atoms with Crippen LogP contribution in [0.4, 0.5) is 5.82 Å². The first-order valence-corrected chi connectivity index (χ1v) is 13.5. The fourth-order valence-corrected chi connectivity index (χ4v) is 6.26. The van der Waals surface area contributed by atoms with Crippen molar-refractivity contribution in [2.45, 2.75) is 59.8 Å². The predicted molar refractivity (Wildman–Crippen MR) is 145 cm³/mol. The van der Waals surface area contributed by atoms with Crippen LogP contribution in [0.15, 0.2) is 28.0 Å². The third-order valence-electron chi connectivity index (χ3n) is 6.54. The van der Waals surface area contributed by atoms with Crippen LogP contribution >= 0.6 is 24.0 Å². The van der Waals surface area contributed by atoms with E-state index in [0.717, 1.165) is 50.8 Å². The molecule has 0 bridgehead atoms. The third-order valence-corrected chi connectivity index (χ3v) is 7.92. The van der Waals surface area contributed by atoms with Gasteiger partial charge in [0.15, 0.2) is 0 Å². The average Bonchev–Trinajstić information content (AvgIpc) is 3.05. The standard InChI is InChI=1S/C26H34N4O2S2/c1-5-6-7-8-11-29-25(32)21(34-26(29)33)13-20-23(28-14-18(3)12-19(4)15-28)27-22-10-9-17(2)16-30(22)24(20)31/h9-10,13,16,18-19H,5-8,11-12,14-15H2,1-4H3/b21-13-/t18-,19-/m0/s1. The van der Waals surface area contributed by atoms with Gasteiger partial charge in [0.25, 0.3) is 11.5 Å². The molecule has 2 aliphatic rings. The fourth-order valence-electron chi connectivity index (χ4n) is 4.97. The minimum atomic E-state index is -0.150. The lowest BCUT2D eigenvalue weighted by Gasteiger charge is -2.36. The molecule has 2 aromatic rings. The Bertz CT molecular complexity index is 1180. The van der Waals surface area contributed by atoms with Crippen LogP contribution in [0.3, 0.4) is 0 Å². The van der Waals surface area contributed by atoms with Crippen molar-refractivity contribution >= 4 is 51.7 Å². The molecule has 0 aromatic carbocycles. The summed E-state index contributed by atoms with van der Waals surface area (Å²) in [6, 6.07) is 3.85. The van der Waals surface area contributed by atoms with Crippen LogP contribution in [0.2, 0.25) is 0 Å². The Labute approximate surface area is 211 Å². The summed E-state index contributed by atoms with van der Waals surface area (Å²) in [4.78, 5) is 36.2. The average molecular weight is 499 g/mol. The van der Waals surface area contributed by atoms with E-state index in [4.69, 9.17) is 17.2 Å². The SMILES string of the molecule is CCCCCCN1C(=O)/C(=C/c2c(N3C[C@@H](C)C[C@H](C)C3)nc3ccc(C)cn3c2=O)SC1=S. The monoisotopic (exact) mass is 498 g/mol. The Kier molecular flexibility index (Phi) is 7.77. The summed E-state index contributed by atoms with van der Waals surface area (Å²) in [5.41, 5.74) is 1.92. The second-order valence-electron chi connectivity index (χ2n) is 9.83. The number of aromatic nitrogens is 2. The van der Waals surface area contributed by atoms with Gasteiger partial charge >= 0.3 is 0 Å². The van der Waals surface area contributed by atoms with Crippen LogP contribution in [0, 0.1) is 18.8 Å². The maximum absolute atomic E-state index is 13.7. The maximum Gasteiger partial charge on any atom is 0.267 e. The summed E-state index contributed by atoms with van der Waals surface area (Å²) in [5, 5.41) is 0. The summed E-state index contributed by atoms with van der Waals surface area (Å²) < 4.78 is 2.16. The number of amides is 1. The van der Waals surface area contributed by atoms with Crippen molar-refractivity contribution in [2.24, 2.45) is 11.8 Å². The number of piperidine rings is 1. The number of hydrogen-bond acceptors (Lipinski definition) is 6. The van der Waals surface area contributed by atoms with E-state index in [-0.39, 0.29) is 11.5 Å². The highest BCUT2D eigenvalue weighted by atomic mass is 32.2. The molecule has 4 rings (SSSR count). The second-order valence-corrected chi connectivity index (χ2v) is 11.5. The minimum absolute atomic E-state index is 0.105. The van der Waals surface area contributed by atoms with Crippen LogP contribution < -0.4 is 10.5 Å². The molecule has 4 heterocycles. The molecule has 1 amide bonds. The molecular weight excluding hydrogens is 464 g/mol. The molecule has 0 saturated carbocycles. The highest BCUT2D eigenvalue weighted by Gasteiger charge is 2.33. The number of nitrogens with zero attached hydrogens (tertiary/aromatic N) is 4. The van der Waals surface area contributed by atoms with Crippen molar-refractivity contribution in [3.05, 3.63) is 44.7 Å². The molecular formula is C26H34N4O2S2. The van der Waals surface area contributed by atoms with Crippen LogP contribution in [-0.2, 0) is 4.79 Å². The summed E-state index contributed by atoms with van der Waals surface area (Å²) in [6.07, 6.45) is 9.02. The Balaban J connectivity index is 1.75. The number of fused-ring (bicyclic) bond motifs is 1. The van der Waals surface area contributed by atoms with Crippen LogP contribution in [0.5, 0.6) is 0 Å². The number of unbranched alkanes of at least 4 members (excludes halogenated alkanes) is 3. The number of pyridine rings is 1. The molecule has 6 nitrogen and oxygen atoms in total. The van der Waals surface area contributed by atoms with Gasteiger partial charge in [-0.3, -0.25) is 18.9 Å². The van der Waals surface area contributed by atoms with E-state index in [9.17, 15) is 9.59 Å². The van der Waals surface area contributed by atoms with Crippen molar-refractivity contribution in [2.75, 3.05) is 24.5 Å². The Morgan fingerprint density at radius 1 is 1.15 bits per heavy atom. The number of carbonyl (C=O) groups excluding carboxylic acids is 1. The van der Waals surface area contributed by atoms with E-state index in [1.807, 2.05) is 25.3 Å². The number of thioether (sulfide) groups is 1. The molecule has 2 saturated heterocycles. The molecule has 0 radical (unpaired) electrons. The van der Waals surface area contributed by atoms with E-state index in [2.05, 4.69) is 25.7 Å². The molecule has 182 valence electrons. The van der Waals surface area contributed by atoms with Crippen molar-refractivity contribution in [3.63, 3.8) is 0 Å². The molecule has 2 aliphatic heterocycles. The van der Waals surface area contributed by atoms with E-state index < -0.39 is 0 Å². The van der Waals surface area contributed by atoms with Gasteiger partial charge in [0.05, 0.1) is 10.5 Å². The van der Waals surface area contributed by atoms with Crippen LogP contribution in [0.1, 0.15) is 64.0 Å². The van der Waals surface area contributed by atoms with E-state index in [1.54, 1.807) is 15.4 Å². The van der Waals surface area contributed by atoms with Gasteiger partial charge in [-0.2, -0.15) is 0 Å². The highest BCUT2D eigenvalue weighted by Crippen LogP contribution is 2.34. The molecule has 8 heteroatoms. The van der Waals surface area contributed by atoms with Gasteiger partial charge in [-0.1, -0.05) is 70.1 Å². The maximum atomic E-state index is 13.7. The van der Waals surface area contributed by atoms with Crippen LogP contribution in [0.25, 0.3) is 11.7 Å². The lowest BCUT2D eigenvalue weighted by molar-refractivity contribution is -0.122.